The molecule has 2 aliphatic rings. The van der Waals surface area contributed by atoms with Crippen molar-refractivity contribution in [3.05, 3.63) is 95.7 Å². The number of nitrogens with one attached hydrogen (secondary N) is 1. The molecule has 0 aliphatic carbocycles. The van der Waals surface area contributed by atoms with Gasteiger partial charge in [-0.3, -0.25) is 14.5 Å². The largest absolute Gasteiger partial charge is 0.351 e. The lowest BCUT2D eigenvalue weighted by Crippen LogP contribution is -2.33. The zero-order chi connectivity index (χ0) is 20.9. The third kappa shape index (κ3) is 2.74. The van der Waals surface area contributed by atoms with Crippen LogP contribution >= 0.6 is 0 Å². The van der Waals surface area contributed by atoms with Crippen LogP contribution in [0.5, 0.6) is 0 Å². The molecule has 148 valence electrons. The second kappa shape index (κ2) is 6.67. The number of para-hydroxylation sites is 2. The zero-order valence-electron chi connectivity index (χ0n) is 15.7. The van der Waals surface area contributed by atoms with Crippen LogP contribution in [0.4, 0.5) is 11.4 Å². The number of carbonyl (C=O) groups excluding carboxylic acids is 2. The molecule has 0 saturated carbocycles. The molecule has 0 atom stereocenters. The number of benzene rings is 3. The Bertz CT molecular complexity index is 1340. The quantitative estimate of drug-likeness (QED) is 0.661. The van der Waals surface area contributed by atoms with Gasteiger partial charge in [0, 0.05) is 16.8 Å². The van der Waals surface area contributed by atoms with Crippen LogP contribution in [0.15, 0.2) is 89.5 Å². The van der Waals surface area contributed by atoms with E-state index in [0.29, 0.717) is 22.5 Å². The van der Waals surface area contributed by atoms with Crippen LogP contribution in [-0.4, -0.2) is 26.0 Å². The molecule has 0 saturated heterocycles. The van der Waals surface area contributed by atoms with E-state index in [1.54, 1.807) is 66.7 Å². The number of nitrogens with zero attached hydrogens (tertiary/aromatic N) is 1. The van der Waals surface area contributed by atoms with Gasteiger partial charge in [-0.1, -0.05) is 48.5 Å². The first-order valence-corrected chi connectivity index (χ1v) is 11.0. The van der Waals surface area contributed by atoms with E-state index in [-0.39, 0.29) is 21.9 Å². The lowest BCUT2D eigenvalue weighted by atomic mass is 10.0. The van der Waals surface area contributed by atoms with E-state index >= 15 is 0 Å². The van der Waals surface area contributed by atoms with E-state index in [9.17, 15) is 18.0 Å². The Hall–Kier alpha value is -3.71. The second-order valence-corrected chi connectivity index (χ2v) is 9.02. The van der Waals surface area contributed by atoms with Crippen molar-refractivity contribution >= 4 is 38.5 Å². The molecule has 5 rings (SSSR count). The van der Waals surface area contributed by atoms with Crippen LogP contribution in [0.25, 0.3) is 5.57 Å². The fourth-order valence-electron chi connectivity index (χ4n) is 3.81. The minimum Gasteiger partial charge on any atom is -0.351 e. The number of amides is 1. The molecule has 3 aromatic carbocycles. The van der Waals surface area contributed by atoms with Gasteiger partial charge in [0.15, 0.2) is 9.84 Å². The Balaban J connectivity index is 1.61. The fraction of sp³-hybridized carbons (Fsp3) is 0.0435. The number of sulfone groups is 1. The lowest BCUT2D eigenvalue weighted by Gasteiger charge is -2.17. The normalized spacial score (nSPS) is 17.7. The van der Waals surface area contributed by atoms with E-state index in [1.807, 2.05) is 0 Å². The summed E-state index contributed by atoms with van der Waals surface area (Å²) in [7, 11) is -3.76. The zero-order valence-corrected chi connectivity index (χ0v) is 16.5. The maximum absolute atomic E-state index is 13.4. The number of hydrogen-bond donors (Lipinski definition) is 1. The molecule has 0 bridgehead atoms. The van der Waals surface area contributed by atoms with Gasteiger partial charge >= 0.3 is 0 Å². The minimum absolute atomic E-state index is 0.138. The topological polar surface area (TPSA) is 83.6 Å². The third-order valence-corrected chi connectivity index (χ3v) is 6.82. The molecule has 0 aromatic heterocycles. The highest BCUT2D eigenvalue weighted by atomic mass is 32.2. The summed E-state index contributed by atoms with van der Waals surface area (Å²) in [5.41, 5.74) is 2.49. The van der Waals surface area contributed by atoms with Crippen molar-refractivity contribution in [2.75, 3.05) is 16.1 Å². The standard InChI is InChI=1S/C23H16N2O4S/c26-22-16-10-4-6-12-18(16)24-21(22)20-17-11-5-7-13-19(17)25(23(20)27)14-30(28,29)15-8-2-1-3-9-15/h1-13,24H,14H2/b21-20-. The van der Waals surface area contributed by atoms with Gasteiger partial charge in [-0.2, -0.15) is 0 Å². The van der Waals surface area contributed by atoms with Crippen LogP contribution in [0, 0.1) is 0 Å². The van der Waals surface area contributed by atoms with Crippen LogP contribution in [0.3, 0.4) is 0 Å². The molecule has 6 nitrogen and oxygen atoms in total. The van der Waals surface area contributed by atoms with Gasteiger partial charge in [0.05, 0.1) is 16.2 Å². The Kier molecular flexibility index (Phi) is 4.08. The molecule has 2 aliphatic heterocycles. The van der Waals surface area contributed by atoms with E-state index in [1.165, 1.54) is 17.0 Å². The molecule has 1 N–H and O–H groups in total. The molecule has 0 radical (unpaired) electrons. The van der Waals surface area contributed by atoms with E-state index < -0.39 is 21.6 Å². The number of hydrogen-bond acceptors (Lipinski definition) is 5. The highest BCUT2D eigenvalue weighted by Gasteiger charge is 2.40. The van der Waals surface area contributed by atoms with Crippen LogP contribution < -0.4 is 10.2 Å². The van der Waals surface area contributed by atoms with E-state index in [4.69, 9.17) is 0 Å². The van der Waals surface area contributed by atoms with Crippen LogP contribution in [0.1, 0.15) is 15.9 Å². The van der Waals surface area contributed by atoms with Gasteiger partial charge in [-0.25, -0.2) is 8.42 Å². The fourth-order valence-corrected chi connectivity index (χ4v) is 5.13. The van der Waals surface area contributed by atoms with Crippen molar-refractivity contribution in [3.63, 3.8) is 0 Å². The van der Waals surface area contributed by atoms with Crippen molar-refractivity contribution in [3.8, 4) is 0 Å². The second-order valence-electron chi connectivity index (χ2n) is 7.06. The first-order chi connectivity index (χ1) is 14.5. The number of anilines is 2. The molecule has 0 fully saturated rings. The summed E-state index contributed by atoms with van der Waals surface area (Å²) >= 11 is 0. The number of ketones is 1. The van der Waals surface area contributed by atoms with Gasteiger partial charge in [0.2, 0.25) is 5.78 Å². The summed E-state index contributed by atoms with van der Waals surface area (Å²) in [5, 5.41) is 3.05. The monoisotopic (exact) mass is 416 g/mol. The predicted octanol–water partition coefficient (Wildman–Crippen LogP) is 3.48. The molecule has 30 heavy (non-hydrogen) atoms. The van der Waals surface area contributed by atoms with E-state index in [0.717, 1.165) is 0 Å². The Morgan fingerprint density at radius 3 is 2.13 bits per heavy atom. The van der Waals surface area contributed by atoms with Gasteiger partial charge in [-0.15, -0.1) is 0 Å². The number of allylic oxidation sites excluding steroid dienone is 1. The number of carbonyl (C=O) groups is 2. The summed E-state index contributed by atoms with van der Waals surface area (Å²) < 4.78 is 25.8. The molecular formula is C23H16N2O4S. The number of fused-ring (bicyclic) bond motifs is 2. The van der Waals surface area contributed by atoms with Crippen molar-refractivity contribution in [2.45, 2.75) is 4.90 Å². The number of rotatable bonds is 3. The minimum atomic E-state index is -3.76. The summed E-state index contributed by atoms with van der Waals surface area (Å²) in [6.45, 7) is 0. The molecule has 0 unspecified atom stereocenters. The van der Waals surface area contributed by atoms with Gasteiger partial charge in [0.1, 0.15) is 11.6 Å². The maximum Gasteiger partial charge on any atom is 0.262 e. The molecule has 1 amide bonds. The molecule has 0 spiro atoms. The van der Waals surface area contributed by atoms with Crippen molar-refractivity contribution < 1.29 is 18.0 Å². The first kappa shape index (κ1) is 18.3. The highest BCUT2D eigenvalue weighted by Crippen LogP contribution is 2.42. The summed E-state index contributed by atoms with van der Waals surface area (Å²) in [5.74, 6) is -1.30. The maximum atomic E-state index is 13.4. The smallest absolute Gasteiger partial charge is 0.262 e. The van der Waals surface area contributed by atoms with Gasteiger partial charge < -0.3 is 5.32 Å². The SMILES string of the molecule is O=C1/C(=C2/C(=O)N(CS(=O)(=O)c3ccccc3)c3ccccc32)Nc2ccccc21. The average molecular weight is 416 g/mol. The Morgan fingerprint density at radius 2 is 1.40 bits per heavy atom. The molecule has 2 heterocycles. The van der Waals surface area contributed by atoms with Crippen molar-refractivity contribution in [1.29, 1.82) is 0 Å². The lowest BCUT2D eigenvalue weighted by molar-refractivity contribution is -0.112. The van der Waals surface area contributed by atoms with Crippen molar-refractivity contribution in [2.24, 2.45) is 0 Å². The number of Topliss-reactive ketones (excluding diaryl/α,β-unsaturated/α-hetero) is 1. The first-order valence-electron chi connectivity index (χ1n) is 9.31. The highest BCUT2D eigenvalue weighted by molar-refractivity contribution is 7.91. The summed E-state index contributed by atoms with van der Waals surface area (Å²) in [6, 6.07) is 21.9. The Labute approximate surface area is 173 Å². The summed E-state index contributed by atoms with van der Waals surface area (Å²) in [6.07, 6.45) is 0. The molecule has 7 heteroatoms. The van der Waals surface area contributed by atoms with Gasteiger partial charge in [0.25, 0.3) is 5.91 Å². The van der Waals surface area contributed by atoms with Crippen LogP contribution in [-0.2, 0) is 14.6 Å². The average Bonchev–Trinajstić information content (AvgIpc) is 3.23. The van der Waals surface area contributed by atoms with Gasteiger partial charge in [-0.05, 0) is 30.3 Å². The molecular weight excluding hydrogens is 400 g/mol. The Morgan fingerprint density at radius 1 is 0.767 bits per heavy atom. The van der Waals surface area contributed by atoms with E-state index in [2.05, 4.69) is 5.32 Å². The third-order valence-electron chi connectivity index (χ3n) is 5.23. The summed E-state index contributed by atoms with van der Waals surface area (Å²) in [4.78, 5) is 27.7. The predicted molar refractivity (Wildman–Crippen MR) is 114 cm³/mol. The molecule has 3 aromatic rings. The van der Waals surface area contributed by atoms with Crippen LogP contribution in [0.2, 0.25) is 0 Å². The van der Waals surface area contributed by atoms with Crippen molar-refractivity contribution in [1.82, 2.24) is 0 Å².